The van der Waals surface area contributed by atoms with Gasteiger partial charge in [-0.1, -0.05) is 60.7 Å². The summed E-state index contributed by atoms with van der Waals surface area (Å²) in [5.74, 6) is 0. The van der Waals surface area contributed by atoms with Gasteiger partial charge in [-0.25, -0.2) is 0 Å². The Labute approximate surface area is 142 Å². The molecule has 0 N–H and O–H groups in total. The molecule has 2 atom stereocenters. The zero-order chi connectivity index (χ0) is 17.0. The predicted molar refractivity (Wildman–Crippen MR) is 91.8 cm³/mol. The SMILES string of the molecule is CO/C=C/[C@@H](OCc1ccccc1)[C@H](C#N)OCc1ccccc1. The molecule has 0 aliphatic heterocycles. The quantitative estimate of drug-likeness (QED) is 0.658. The Hall–Kier alpha value is -2.61. The van der Waals surface area contributed by atoms with Crippen LogP contribution in [0.15, 0.2) is 73.0 Å². The minimum absolute atomic E-state index is 0.352. The number of rotatable bonds is 9. The Morgan fingerprint density at radius 1 is 0.917 bits per heavy atom. The van der Waals surface area contributed by atoms with Crippen LogP contribution in [0.3, 0.4) is 0 Å². The van der Waals surface area contributed by atoms with Crippen molar-refractivity contribution in [3.05, 3.63) is 84.1 Å². The second kappa shape index (κ2) is 10.2. The normalized spacial score (nSPS) is 13.3. The van der Waals surface area contributed by atoms with Gasteiger partial charge in [0.2, 0.25) is 0 Å². The van der Waals surface area contributed by atoms with Crippen molar-refractivity contribution in [1.29, 1.82) is 5.26 Å². The molecule has 0 saturated heterocycles. The van der Waals surface area contributed by atoms with Gasteiger partial charge in [0.25, 0.3) is 0 Å². The van der Waals surface area contributed by atoms with Crippen molar-refractivity contribution in [2.75, 3.05) is 7.11 Å². The van der Waals surface area contributed by atoms with Crippen LogP contribution in [0.2, 0.25) is 0 Å². The van der Waals surface area contributed by atoms with Crippen LogP contribution in [-0.2, 0) is 27.4 Å². The summed E-state index contributed by atoms with van der Waals surface area (Å²) in [4.78, 5) is 0. The maximum Gasteiger partial charge on any atom is 0.174 e. The highest BCUT2D eigenvalue weighted by Crippen LogP contribution is 2.12. The summed E-state index contributed by atoms with van der Waals surface area (Å²) in [7, 11) is 1.55. The third-order valence-corrected chi connectivity index (χ3v) is 3.39. The lowest BCUT2D eigenvalue weighted by Gasteiger charge is -2.20. The predicted octanol–water partition coefficient (Wildman–Crippen LogP) is 3.84. The highest BCUT2D eigenvalue weighted by Gasteiger charge is 2.21. The molecule has 0 saturated carbocycles. The van der Waals surface area contributed by atoms with E-state index < -0.39 is 12.2 Å². The van der Waals surface area contributed by atoms with Gasteiger partial charge in [-0.05, 0) is 17.2 Å². The number of ether oxygens (including phenoxy) is 3. The number of benzene rings is 2. The van der Waals surface area contributed by atoms with Gasteiger partial charge in [0, 0.05) is 0 Å². The molecule has 2 aromatic carbocycles. The second-order valence-corrected chi connectivity index (χ2v) is 5.17. The van der Waals surface area contributed by atoms with Crippen LogP contribution in [0.1, 0.15) is 11.1 Å². The van der Waals surface area contributed by atoms with E-state index in [0.29, 0.717) is 13.2 Å². The number of methoxy groups -OCH3 is 1. The first-order valence-corrected chi connectivity index (χ1v) is 7.73. The molecule has 0 amide bonds. The van der Waals surface area contributed by atoms with Gasteiger partial charge in [0.15, 0.2) is 6.10 Å². The largest absolute Gasteiger partial charge is 0.505 e. The molecule has 124 valence electrons. The lowest BCUT2D eigenvalue weighted by molar-refractivity contribution is -0.0394. The minimum Gasteiger partial charge on any atom is -0.505 e. The van der Waals surface area contributed by atoms with Crippen molar-refractivity contribution in [3.63, 3.8) is 0 Å². The van der Waals surface area contributed by atoms with Crippen molar-refractivity contribution < 1.29 is 14.2 Å². The van der Waals surface area contributed by atoms with E-state index in [-0.39, 0.29) is 0 Å². The van der Waals surface area contributed by atoms with Gasteiger partial charge < -0.3 is 14.2 Å². The van der Waals surface area contributed by atoms with Crippen molar-refractivity contribution in [2.24, 2.45) is 0 Å². The van der Waals surface area contributed by atoms with E-state index >= 15 is 0 Å². The molecule has 0 fully saturated rings. The fourth-order valence-electron chi connectivity index (χ4n) is 2.13. The smallest absolute Gasteiger partial charge is 0.174 e. The number of nitrogens with zero attached hydrogens (tertiary/aromatic N) is 1. The first-order valence-electron chi connectivity index (χ1n) is 7.73. The zero-order valence-electron chi connectivity index (χ0n) is 13.7. The average Bonchev–Trinajstić information content (AvgIpc) is 2.65. The topological polar surface area (TPSA) is 51.5 Å². The van der Waals surface area contributed by atoms with E-state index in [4.69, 9.17) is 14.2 Å². The Kier molecular flexibility index (Phi) is 7.55. The van der Waals surface area contributed by atoms with Gasteiger partial charge in [0.1, 0.15) is 6.10 Å². The summed E-state index contributed by atoms with van der Waals surface area (Å²) in [6, 6.07) is 21.7. The molecule has 2 rings (SSSR count). The first-order chi connectivity index (χ1) is 11.8. The van der Waals surface area contributed by atoms with E-state index in [0.717, 1.165) is 11.1 Å². The van der Waals surface area contributed by atoms with Crippen LogP contribution in [-0.4, -0.2) is 19.3 Å². The molecule has 0 unspecified atom stereocenters. The van der Waals surface area contributed by atoms with Gasteiger partial charge >= 0.3 is 0 Å². The van der Waals surface area contributed by atoms with E-state index in [1.54, 1.807) is 13.2 Å². The Morgan fingerprint density at radius 2 is 1.46 bits per heavy atom. The molecule has 4 heteroatoms. The van der Waals surface area contributed by atoms with E-state index in [9.17, 15) is 5.26 Å². The lowest BCUT2D eigenvalue weighted by atomic mass is 10.2. The van der Waals surface area contributed by atoms with Crippen LogP contribution in [0.25, 0.3) is 0 Å². The second-order valence-electron chi connectivity index (χ2n) is 5.17. The molecule has 0 aromatic heterocycles. The molecule has 0 aliphatic carbocycles. The average molecular weight is 323 g/mol. The zero-order valence-corrected chi connectivity index (χ0v) is 13.7. The number of hydrogen-bond acceptors (Lipinski definition) is 4. The van der Waals surface area contributed by atoms with Gasteiger partial charge in [-0.3, -0.25) is 0 Å². The third kappa shape index (κ3) is 5.88. The summed E-state index contributed by atoms with van der Waals surface area (Å²) in [5, 5.41) is 9.44. The maximum atomic E-state index is 9.44. The van der Waals surface area contributed by atoms with Gasteiger partial charge in [-0.15, -0.1) is 0 Å². The summed E-state index contributed by atoms with van der Waals surface area (Å²) in [6.07, 6.45) is 1.97. The van der Waals surface area contributed by atoms with Crippen molar-refractivity contribution in [3.8, 4) is 6.07 Å². The highest BCUT2D eigenvalue weighted by atomic mass is 16.5. The Bertz CT molecular complexity index is 650. The fourth-order valence-corrected chi connectivity index (χ4v) is 2.13. The Balaban J connectivity index is 1.98. The summed E-state index contributed by atoms with van der Waals surface area (Å²) < 4.78 is 16.5. The van der Waals surface area contributed by atoms with Crippen LogP contribution in [0.4, 0.5) is 0 Å². The molecule has 24 heavy (non-hydrogen) atoms. The first kappa shape index (κ1) is 17.7. The lowest BCUT2D eigenvalue weighted by Crippen LogP contribution is -2.28. The van der Waals surface area contributed by atoms with Crippen LogP contribution in [0.5, 0.6) is 0 Å². The minimum atomic E-state index is -0.722. The van der Waals surface area contributed by atoms with E-state index in [1.807, 2.05) is 60.7 Å². The van der Waals surface area contributed by atoms with E-state index in [1.165, 1.54) is 6.26 Å². The van der Waals surface area contributed by atoms with Gasteiger partial charge in [-0.2, -0.15) is 5.26 Å². The summed E-state index contributed by atoms with van der Waals surface area (Å²) >= 11 is 0. The molecule has 0 aliphatic rings. The fraction of sp³-hybridized carbons (Fsp3) is 0.250. The number of hydrogen-bond donors (Lipinski definition) is 0. The molecule has 0 heterocycles. The van der Waals surface area contributed by atoms with Crippen molar-refractivity contribution in [1.82, 2.24) is 0 Å². The van der Waals surface area contributed by atoms with Crippen LogP contribution >= 0.6 is 0 Å². The third-order valence-electron chi connectivity index (χ3n) is 3.39. The van der Waals surface area contributed by atoms with Crippen molar-refractivity contribution >= 4 is 0 Å². The Morgan fingerprint density at radius 3 is 1.96 bits per heavy atom. The van der Waals surface area contributed by atoms with Crippen molar-refractivity contribution in [2.45, 2.75) is 25.4 Å². The molecule has 4 nitrogen and oxygen atoms in total. The van der Waals surface area contributed by atoms with Gasteiger partial charge in [0.05, 0.1) is 32.7 Å². The molecule has 0 bridgehead atoms. The standard InChI is InChI=1S/C20H21NO3/c1-22-13-12-19(23-15-17-8-4-2-5-9-17)20(14-21)24-16-18-10-6-3-7-11-18/h2-13,19-20H,15-16H2,1H3/b13-12+/t19-,20+/m1/s1. The number of nitriles is 1. The van der Waals surface area contributed by atoms with Crippen LogP contribution < -0.4 is 0 Å². The van der Waals surface area contributed by atoms with E-state index in [2.05, 4.69) is 6.07 Å². The maximum absolute atomic E-state index is 9.44. The molecule has 0 spiro atoms. The molecule has 2 aromatic rings. The monoisotopic (exact) mass is 323 g/mol. The van der Waals surface area contributed by atoms with Crippen LogP contribution in [0, 0.1) is 11.3 Å². The highest BCUT2D eigenvalue weighted by molar-refractivity contribution is 5.15. The molecular weight excluding hydrogens is 302 g/mol. The molecule has 0 radical (unpaired) electrons. The molecular formula is C20H21NO3. The summed E-state index contributed by atoms with van der Waals surface area (Å²) in [6.45, 7) is 0.748. The summed E-state index contributed by atoms with van der Waals surface area (Å²) in [5.41, 5.74) is 2.04.